The van der Waals surface area contributed by atoms with Crippen LogP contribution in [0.2, 0.25) is 0 Å². The maximum atomic E-state index is 12.0. The summed E-state index contributed by atoms with van der Waals surface area (Å²) in [6, 6.07) is 11.2. The Kier molecular flexibility index (Phi) is 4.99. The van der Waals surface area contributed by atoms with Crippen molar-refractivity contribution < 1.29 is 14.7 Å². The van der Waals surface area contributed by atoms with Gasteiger partial charge in [-0.3, -0.25) is 9.59 Å². The zero-order valence-electron chi connectivity index (χ0n) is 12.7. The van der Waals surface area contributed by atoms with Crippen molar-refractivity contribution >= 4 is 11.9 Å². The van der Waals surface area contributed by atoms with E-state index in [2.05, 4.69) is 5.32 Å². The number of carbonyl (C=O) groups excluding carboxylic acids is 1. The van der Waals surface area contributed by atoms with Crippen molar-refractivity contribution in [2.45, 2.75) is 13.3 Å². The molecule has 1 amide bonds. The summed E-state index contributed by atoms with van der Waals surface area (Å²) in [5.74, 6) is -1.82. The van der Waals surface area contributed by atoms with Crippen LogP contribution in [0, 0.1) is 12.8 Å². The molecule has 1 aromatic heterocycles. The summed E-state index contributed by atoms with van der Waals surface area (Å²) < 4.78 is 1.70. The molecule has 0 radical (unpaired) electrons. The highest BCUT2D eigenvalue weighted by Gasteiger charge is 2.20. The average Bonchev–Trinajstić information content (AvgIpc) is 2.89. The largest absolute Gasteiger partial charge is 0.481 e. The molecule has 1 aromatic carbocycles. The molecule has 5 nitrogen and oxygen atoms in total. The monoisotopic (exact) mass is 300 g/mol. The number of carboxylic acids is 1. The van der Waals surface area contributed by atoms with Crippen molar-refractivity contribution in [2.75, 3.05) is 6.54 Å². The quantitative estimate of drug-likeness (QED) is 0.857. The van der Waals surface area contributed by atoms with Gasteiger partial charge in [0.25, 0.3) is 5.91 Å². The van der Waals surface area contributed by atoms with Crippen LogP contribution in [0.1, 0.15) is 21.6 Å². The third-order valence-electron chi connectivity index (χ3n) is 3.60. The number of hydrogen-bond acceptors (Lipinski definition) is 2. The van der Waals surface area contributed by atoms with Crippen molar-refractivity contribution in [3.05, 3.63) is 59.4 Å². The van der Waals surface area contributed by atoms with Crippen molar-refractivity contribution in [2.24, 2.45) is 13.0 Å². The first kappa shape index (κ1) is 15.8. The van der Waals surface area contributed by atoms with Crippen molar-refractivity contribution in [1.82, 2.24) is 9.88 Å². The van der Waals surface area contributed by atoms with Gasteiger partial charge in [-0.05, 0) is 31.0 Å². The zero-order valence-corrected chi connectivity index (χ0v) is 12.7. The fraction of sp³-hybridized carbons (Fsp3) is 0.294. The van der Waals surface area contributed by atoms with E-state index in [1.807, 2.05) is 31.2 Å². The zero-order chi connectivity index (χ0) is 16.1. The number of rotatable bonds is 6. The van der Waals surface area contributed by atoms with E-state index in [9.17, 15) is 14.7 Å². The SMILES string of the molecule is Cc1cccc(C[C@H](CNC(=O)c2cccn2C)C(=O)O)c1. The van der Waals surface area contributed by atoms with E-state index in [1.54, 1.807) is 29.9 Å². The summed E-state index contributed by atoms with van der Waals surface area (Å²) >= 11 is 0. The topological polar surface area (TPSA) is 71.3 Å². The third kappa shape index (κ3) is 3.97. The highest BCUT2D eigenvalue weighted by molar-refractivity contribution is 5.92. The number of benzene rings is 1. The van der Waals surface area contributed by atoms with Crippen LogP contribution in [0.5, 0.6) is 0 Å². The maximum absolute atomic E-state index is 12.0. The van der Waals surface area contributed by atoms with Crippen LogP contribution in [-0.4, -0.2) is 28.1 Å². The third-order valence-corrected chi connectivity index (χ3v) is 3.60. The van der Waals surface area contributed by atoms with Crippen molar-refractivity contribution in [1.29, 1.82) is 0 Å². The number of aromatic nitrogens is 1. The molecular weight excluding hydrogens is 280 g/mol. The van der Waals surface area contributed by atoms with Gasteiger partial charge in [-0.1, -0.05) is 29.8 Å². The molecule has 1 atom stereocenters. The van der Waals surface area contributed by atoms with E-state index in [0.29, 0.717) is 12.1 Å². The van der Waals surface area contributed by atoms with E-state index >= 15 is 0 Å². The van der Waals surface area contributed by atoms with Gasteiger partial charge in [0.05, 0.1) is 5.92 Å². The molecule has 0 aliphatic rings. The van der Waals surface area contributed by atoms with Gasteiger partial charge in [0.1, 0.15) is 5.69 Å². The predicted molar refractivity (Wildman–Crippen MR) is 83.8 cm³/mol. The smallest absolute Gasteiger partial charge is 0.308 e. The lowest BCUT2D eigenvalue weighted by Gasteiger charge is -2.14. The first-order chi connectivity index (χ1) is 10.5. The molecule has 0 unspecified atom stereocenters. The highest BCUT2D eigenvalue weighted by Crippen LogP contribution is 2.11. The molecule has 22 heavy (non-hydrogen) atoms. The molecule has 1 heterocycles. The molecule has 116 valence electrons. The van der Waals surface area contributed by atoms with Gasteiger partial charge >= 0.3 is 5.97 Å². The van der Waals surface area contributed by atoms with E-state index in [0.717, 1.165) is 11.1 Å². The number of amides is 1. The fourth-order valence-electron chi connectivity index (χ4n) is 2.37. The molecule has 2 rings (SSSR count). The standard InChI is InChI=1S/C17H20N2O3/c1-12-5-3-6-13(9-12)10-14(17(21)22)11-18-16(20)15-7-4-8-19(15)2/h3-9,14H,10-11H2,1-2H3,(H,18,20)(H,21,22)/t14-/m1/s1. The molecule has 5 heteroatoms. The van der Waals surface area contributed by atoms with Gasteiger partial charge in [-0.25, -0.2) is 0 Å². The molecule has 0 bridgehead atoms. The van der Waals surface area contributed by atoms with Crippen LogP contribution in [0.4, 0.5) is 0 Å². The van der Waals surface area contributed by atoms with Crippen molar-refractivity contribution in [3.8, 4) is 0 Å². The summed E-state index contributed by atoms with van der Waals surface area (Å²) in [5.41, 5.74) is 2.56. The Labute approximate surface area is 129 Å². The van der Waals surface area contributed by atoms with E-state index < -0.39 is 11.9 Å². The van der Waals surface area contributed by atoms with Crippen LogP contribution in [0.25, 0.3) is 0 Å². The van der Waals surface area contributed by atoms with Crippen molar-refractivity contribution in [3.63, 3.8) is 0 Å². The first-order valence-corrected chi connectivity index (χ1v) is 7.15. The lowest BCUT2D eigenvalue weighted by atomic mass is 9.98. The van der Waals surface area contributed by atoms with Crippen LogP contribution in [0.15, 0.2) is 42.6 Å². The van der Waals surface area contributed by atoms with Crippen LogP contribution >= 0.6 is 0 Å². The second-order valence-corrected chi connectivity index (χ2v) is 5.44. The Hall–Kier alpha value is -2.56. The number of nitrogens with zero attached hydrogens (tertiary/aromatic N) is 1. The van der Waals surface area contributed by atoms with E-state index in [4.69, 9.17) is 0 Å². The lowest BCUT2D eigenvalue weighted by Crippen LogP contribution is -2.34. The van der Waals surface area contributed by atoms with Gasteiger partial charge in [0, 0.05) is 19.8 Å². The van der Waals surface area contributed by atoms with Gasteiger partial charge in [0.15, 0.2) is 0 Å². The Morgan fingerprint density at radius 3 is 2.64 bits per heavy atom. The average molecular weight is 300 g/mol. The molecule has 0 aliphatic carbocycles. The van der Waals surface area contributed by atoms with Crippen LogP contribution in [0.3, 0.4) is 0 Å². The number of hydrogen-bond donors (Lipinski definition) is 2. The minimum atomic E-state index is -0.909. The second kappa shape index (κ2) is 6.93. The van der Waals surface area contributed by atoms with Crippen LogP contribution in [-0.2, 0) is 18.3 Å². The molecule has 0 saturated heterocycles. The predicted octanol–water partition coefficient (Wildman–Crippen LogP) is 2.01. The fourth-order valence-corrected chi connectivity index (χ4v) is 2.37. The molecule has 0 aliphatic heterocycles. The molecule has 0 spiro atoms. The second-order valence-electron chi connectivity index (χ2n) is 5.44. The number of aliphatic carboxylic acids is 1. The summed E-state index contributed by atoms with van der Waals surface area (Å²) in [7, 11) is 1.77. The number of nitrogens with one attached hydrogen (secondary N) is 1. The van der Waals surface area contributed by atoms with Gasteiger partial charge in [-0.15, -0.1) is 0 Å². The number of aryl methyl sites for hydroxylation is 2. The number of carboxylic acid groups (broad SMARTS) is 1. The maximum Gasteiger partial charge on any atom is 0.308 e. The number of carbonyl (C=O) groups is 2. The normalized spacial score (nSPS) is 11.9. The van der Waals surface area contributed by atoms with Gasteiger partial charge in [-0.2, -0.15) is 0 Å². The molecule has 2 aromatic rings. The Morgan fingerprint density at radius 2 is 2.05 bits per heavy atom. The Balaban J connectivity index is 1.99. The molecule has 2 N–H and O–H groups in total. The highest BCUT2D eigenvalue weighted by atomic mass is 16.4. The van der Waals surface area contributed by atoms with Gasteiger partial charge < -0.3 is 15.0 Å². The summed E-state index contributed by atoms with van der Waals surface area (Å²) in [5, 5.41) is 12.0. The minimum Gasteiger partial charge on any atom is -0.481 e. The Morgan fingerprint density at radius 1 is 1.27 bits per heavy atom. The van der Waals surface area contributed by atoms with Gasteiger partial charge in [0.2, 0.25) is 0 Å². The lowest BCUT2D eigenvalue weighted by molar-refractivity contribution is -0.141. The summed E-state index contributed by atoms with van der Waals surface area (Å²) in [4.78, 5) is 23.4. The molecular formula is C17H20N2O3. The van der Waals surface area contributed by atoms with E-state index in [1.165, 1.54) is 0 Å². The molecule has 0 fully saturated rings. The summed E-state index contributed by atoms with van der Waals surface area (Å²) in [6.07, 6.45) is 2.17. The summed E-state index contributed by atoms with van der Waals surface area (Å²) in [6.45, 7) is 2.07. The first-order valence-electron chi connectivity index (χ1n) is 7.15. The van der Waals surface area contributed by atoms with E-state index in [-0.39, 0.29) is 12.5 Å². The van der Waals surface area contributed by atoms with Crippen LogP contribution < -0.4 is 5.32 Å². The Bertz CT molecular complexity index is 676. The molecule has 0 saturated carbocycles. The minimum absolute atomic E-state index is 0.104.